The van der Waals surface area contributed by atoms with Gasteiger partial charge in [0, 0.05) is 29.5 Å². The van der Waals surface area contributed by atoms with Gasteiger partial charge < -0.3 is 10.2 Å². The lowest BCUT2D eigenvalue weighted by Gasteiger charge is -2.23. The first kappa shape index (κ1) is 12.5. The zero-order valence-corrected chi connectivity index (χ0v) is 12.1. The Morgan fingerprint density at radius 1 is 1.19 bits per heavy atom. The van der Waals surface area contributed by atoms with Crippen LogP contribution in [0.15, 0.2) is 42.5 Å². The largest absolute Gasteiger partial charge is 0.384 e. The van der Waals surface area contributed by atoms with E-state index in [2.05, 4.69) is 18.3 Å². The standard InChI is InChI=1S/C18H18N2O/c1-12-10-14-4-2-3-5-17(14)20(12)18(21)15-6-7-16-13(11-15)8-9-19-16/h2-7,11-12,19H,8-10H2,1H3. The highest BCUT2D eigenvalue weighted by Gasteiger charge is 2.31. The minimum absolute atomic E-state index is 0.113. The van der Waals surface area contributed by atoms with Crippen LogP contribution in [0.5, 0.6) is 0 Å². The Hall–Kier alpha value is -2.29. The molecule has 1 atom stereocenters. The average molecular weight is 278 g/mol. The molecular formula is C18H18N2O. The SMILES string of the molecule is CC1Cc2ccccc2N1C(=O)c1ccc2c(c1)CCN2. The number of rotatable bonds is 1. The lowest BCUT2D eigenvalue weighted by molar-refractivity contribution is 0.0981. The van der Waals surface area contributed by atoms with E-state index in [-0.39, 0.29) is 11.9 Å². The molecule has 2 heterocycles. The Morgan fingerprint density at radius 3 is 2.95 bits per heavy atom. The third-order valence-electron chi connectivity index (χ3n) is 4.49. The highest BCUT2D eigenvalue weighted by Crippen LogP contribution is 2.33. The summed E-state index contributed by atoms with van der Waals surface area (Å²) in [6.07, 6.45) is 1.94. The summed E-state index contributed by atoms with van der Waals surface area (Å²) in [6.45, 7) is 3.09. The second-order valence-corrected chi connectivity index (χ2v) is 5.91. The number of nitrogens with one attached hydrogen (secondary N) is 1. The van der Waals surface area contributed by atoms with Gasteiger partial charge in [-0.1, -0.05) is 18.2 Å². The molecule has 0 fully saturated rings. The molecule has 0 radical (unpaired) electrons. The van der Waals surface area contributed by atoms with Crippen molar-refractivity contribution in [3.05, 3.63) is 59.2 Å². The van der Waals surface area contributed by atoms with E-state index in [1.165, 1.54) is 16.8 Å². The number of hydrogen-bond acceptors (Lipinski definition) is 2. The van der Waals surface area contributed by atoms with Gasteiger partial charge in [-0.2, -0.15) is 0 Å². The summed E-state index contributed by atoms with van der Waals surface area (Å²) in [5.74, 6) is 0.113. The van der Waals surface area contributed by atoms with Crippen molar-refractivity contribution in [1.82, 2.24) is 0 Å². The van der Waals surface area contributed by atoms with Crippen LogP contribution in [0.1, 0.15) is 28.4 Å². The van der Waals surface area contributed by atoms with E-state index in [0.717, 1.165) is 30.6 Å². The molecular weight excluding hydrogens is 260 g/mol. The number of carbonyl (C=O) groups excluding carboxylic acids is 1. The van der Waals surface area contributed by atoms with Crippen LogP contribution in [-0.2, 0) is 12.8 Å². The number of hydrogen-bond donors (Lipinski definition) is 1. The predicted molar refractivity (Wildman–Crippen MR) is 85.1 cm³/mol. The minimum Gasteiger partial charge on any atom is -0.384 e. The van der Waals surface area contributed by atoms with Crippen molar-refractivity contribution in [3.63, 3.8) is 0 Å². The average Bonchev–Trinajstić information content (AvgIpc) is 3.08. The van der Waals surface area contributed by atoms with Gasteiger partial charge >= 0.3 is 0 Å². The molecule has 4 rings (SSSR count). The first-order valence-corrected chi connectivity index (χ1v) is 7.52. The molecule has 2 aliphatic heterocycles. The molecule has 0 saturated heterocycles. The summed E-state index contributed by atoms with van der Waals surface area (Å²) >= 11 is 0. The van der Waals surface area contributed by atoms with Crippen molar-refractivity contribution >= 4 is 17.3 Å². The van der Waals surface area contributed by atoms with Crippen LogP contribution < -0.4 is 10.2 Å². The van der Waals surface area contributed by atoms with Crippen molar-refractivity contribution in [2.24, 2.45) is 0 Å². The number of anilines is 2. The number of carbonyl (C=O) groups is 1. The third kappa shape index (κ3) is 1.92. The Kier molecular flexibility index (Phi) is 2.74. The van der Waals surface area contributed by atoms with E-state index < -0.39 is 0 Å². The van der Waals surface area contributed by atoms with Gasteiger partial charge in [-0.05, 0) is 55.2 Å². The fraction of sp³-hybridized carbons (Fsp3) is 0.278. The number of amides is 1. The predicted octanol–water partition coefficient (Wildman–Crippen LogP) is 3.25. The summed E-state index contributed by atoms with van der Waals surface area (Å²) in [5, 5.41) is 3.34. The molecule has 0 spiro atoms. The quantitative estimate of drug-likeness (QED) is 0.868. The fourth-order valence-electron chi connectivity index (χ4n) is 3.45. The van der Waals surface area contributed by atoms with Gasteiger partial charge in [0.05, 0.1) is 0 Å². The summed E-state index contributed by atoms with van der Waals surface area (Å²) in [5.41, 5.74) is 5.54. The first-order chi connectivity index (χ1) is 10.2. The smallest absolute Gasteiger partial charge is 0.258 e. The number of fused-ring (bicyclic) bond motifs is 2. The molecule has 0 bridgehead atoms. The molecule has 106 valence electrons. The zero-order valence-electron chi connectivity index (χ0n) is 12.1. The lowest BCUT2D eigenvalue weighted by atomic mass is 10.1. The van der Waals surface area contributed by atoms with E-state index in [4.69, 9.17) is 0 Å². The molecule has 3 heteroatoms. The van der Waals surface area contributed by atoms with Crippen LogP contribution in [0.4, 0.5) is 11.4 Å². The molecule has 0 saturated carbocycles. The molecule has 1 N–H and O–H groups in total. The van der Waals surface area contributed by atoms with E-state index in [9.17, 15) is 4.79 Å². The maximum atomic E-state index is 12.9. The number of benzene rings is 2. The van der Waals surface area contributed by atoms with E-state index in [1.807, 2.05) is 41.3 Å². The third-order valence-corrected chi connectivity index (χ3v) is 4.49. The van der Waals surface area contributed by atoms with E-state index in [1.54, 1.807) is 0 Å². The first-order valence-electron chi connectivity index (χ1n) is 7.52. The molecule has 0 aliphatic carbocycles. The second kappa shape index (κ2) is 4.62. The topological polar surface area (TPSA) is 32.3 Å². The Balaban J connectivity index is 1.72. The molecule has 2 aromatic carbocycles. The minimum atomic E-state index is 0.113. The summed E-state index contributed by atoms with van der Waals surface area (Å²) < 4.78 is 0. The molecule has 0 aromatic heterocycles. The van der Waals surface area contributed by atoms with Crippen LogP contribution >= 0.6 is 0 Å². The van der Waals surface area contributed by atoms with Crippen molar-refractivity contribution in [2.75, 3.05) is 16.8 Å². The molecule has 2 aromatic rings. The maximum absolute atomic E-state index is 12.9. The van der Waals surface area contributed by atoms with E-state index in [0.29, 0.717) is 0 Å². The number of nitrogens with zero attached hydrogens (tertiary/aromatic N) is 1. The molecule has 21 heavy (non-hydrogen) atoms. The molecule has 1 unspecified atom stereocenters. The van der Waals surface area contributed by atoms with Crippen LogP contribution in [0, 0.1) is 0 Å². The van der Waals surface area contributed by atoms with Gasteiger partial charge in [0.15, 0.2) is 0 Å². The molecule has 3 nitrogen and oxygen atoms in total. The van der Waals surface area contributed by atoms with Gasteiger partial charge in [0.2, 0.25) is 0 Å². The van der Waals surface area contributed by atoms with Gasteiger partial charge in [0.25, 0.3) is 5.91 Å². The fourth-order valence-corrected chi connectivity index (χ4v) is 3.45. The Bertz CT molecular complexity index is 723. The van der Waals surface area contributed by atoms with Gasteiger partial charge in [-0.15, -0.1) is 0 Å². The van der Waals surface area contributed by atoms with Crippen LogP contribution in [0.2, 0.25) is 0 Å². The van der Waals surface area contributed by atoms with E-state index >= 15 is 0 Å². The lowest BCUT2D eigenvalue weighted by Crippen LogP contribution is -2.35. The van der Waals surface area contributed by atoms with Crippen molar-refractivity contribution < 1.29 is 4.79 Å². The van der Waals surface area contributed by atoms with Crippen molar-refractivity contribution in [1.29, 1.82) is 0 Å². The van der Waals surface area contributed by atoms with Crippen LogP contribution in [0.3, 0.4) is 0 Å². The molecule has 1 amide bonds. The second-order valence-electron chi connectivity index (χ2n) is 5.91. The van der Waals surface area contributed by atoms with Crippen LogP contribution in [0.25, 0.3) is 0 Å². The summed E-state index contributed by atoms with van der Waals surface area (Å²) in [6, 6.07) is 14.4. The monoisotopic (exact) mass is 278 g/mol. The van der Waals surface area contributed by atoms with Crippen LogP contribution in [-0.4, -0.2) is 18.5 Å². The summed E-state index contributed by atoms with van der Waals surface area (Å²) in [4.78, 5) is 14.9. The Labute approximate surface area is 124 Å². The molecule has 2 aliphatic rings. The van der Waals surface area contributed by atoms with Gasteiger partial charge in [0.1, 0.15) is 0 Å². The Morgan fingerprint density at radius 2 is 2.05 bits per heavy atom. The van der Waals surface area contributed by atoms with Gasteiger partial charge in [-0.25, -0.2) is 0 Å². The highest BCUT2D eigenvalue weighted by molar-refractivity contribution is 6.08. The highest BCUT2D eigenvalue weighted by atomic mass is 16.2. The normalized spacial score (nSPS) is 19.1. The zero-order chi connectivity index (χ0) is 14.4. The van der Waals surface area contributed by atoms with Crippen molar-refractivity contribution in [2.45, 2.75) is 25.8 Å². The summed E-state index contributed by atoms with van der Waals surface area (Å²) in [7, 11) is 0. The number of para-hydroxylation sites is 1. The van der Waals surface area contributed by atoms with Crippen molar-refractivity contribution in [3.8, 4) is 0 Å². The maximum Gasteiger partial charge on any atom is 0.258 e. The van der Waals surface area contributed by atoms with Gasteiger partial charge in [-0.3, -0.25) is 4.79 Å².